The number of aryl methyl sites for hydroxylation is 3. The molecule has 0 radical (unpaired) electrons. The van der Waals surface area contributed by atoms with Gasteiger partial charge in [0.15, 0.2) is 0 Å². The molecular formula is C22H30N4O2S. The first kappa shape index (κ1) is 20.1. The molecule has 7 heteroatoms. The van der Waals surface area contributed by atoms with Crippen LogP contribution in [-0.4, -0.2) is 39.6 Å². The molecule has 1 aliphatic heterocycles. The minimum absolute atomic E-state index is 0.0159. The summed E-state index contributed by atoms with van der Waals surface area (Å²) in [7, 11) is 0. The van der Waals surface area contributed by atoms with Crippen LogP contribution < -0.4 is 5.32 Å². The Labute approximate surface area is 176 Å². The molecule has 4 rings (SSSR count). The zero-order valence-corrected chi connectivity index (χ0v) is 18.2. The van der Waals surface area contributed by atoms with Crippen LogP contribution in [0.1, 0.15) is 64.0 Å². The predicted octanol–water partition coefficient (Wildman–Crippen LogP) is 3.32. The summed E-state index contributed by atoms with van der Waals surface area (Å²) in [5.74, 6) is 0.261. The van der Waals surface area contributed by atoms with E-state index in [1.807, 2.05) is 28.8 Å². The van der Waals surface area contributed by atoms with E-state index in [0.717, 1.165) is 74.3 Å². The van der Waals surface area contributed by atoms with Crippen molar-refractivity contribution in [2.75, 3.05) is 13.1 Å². The Morgan fingerprint density at radius 1 is 1.31 bits per heavy atom. The molecule has 2 amide bonds. The van der Waals surface area contributed by atoms with Gasteiger partial charge >= 0.3 is 0 Å². The van der Waals surface area contributed by atoms with E-state index >= 15 is 0 Å². The van der Waals surface area contributed by atoms with Crippen LogP contribution in [0.5, 0.6) is 0 Å². The number of thiophene rings is 1. The van der Waals surface area contributed by atoms with E-state index in [-0.39, 0.29) is 17.7 Å². The number of nitrogens with zero attached hydrogens (tertiary/aromatic N) is 3. The first-order valence-corrected chi connectivity index (χ1v) is 11.6. The van der Waals surface area contributed by atoms with Crippen LogP contribution in [0.15, 0.2) is 12.3 Å². The molecule has 0 spiro atoms. The molecule has 6 nitrogen and oxygen atoms in total. The Morgan fingerprint density at radius 3 is 2.86 bits per heavy atom. The van der Waals surface area contributed by atoms with Crippen LogP contribution in [-0.2, 0) is 30.7 Å². The van der Waals surface area contributed by atoms with E-state index in [1.54, 1.807) is 11.3 Å². The van der Waals surface area contributed by atoms with E-state index < -0.39 is 0 Å². The minimum atomic E-state index is -0.0159. The molecule has 1 aliphatic carbocycles. The standard InChI is InChI=1S/C22H30N4O2S/c1-3-8-26-14-18(15(2)24-26)13-23-21(27)16-6-7-19-17(11-16)12-20(29-19)22(28)25-9-4-5-10-25/h12,14,16H,3-11,13H2,1-2H3,(H,23,27). The van der Waals surface area contributed by atoms with Gasteiger partial charge in [0, 0.05) is 48.7 Å². The molecule has 2 aromatic rings. The maximum Gasteiger partial charge on any atom is 0.263 e. The number of hydrogen-bond donors (Lipinski definition) is 1. The van der Waals surface area contributed by atoms with E-state index in [9.17, 15) is 9.59 Å². The number of aromatic nitrogens is 2. The number of carbonyl (C=O) groups excluding carboxylic acids is 2. The molecule has 3 heterocycles. The fourth-order valence-corrected chi connectivity index (χ4v) is 5.51. The van der Waals surface area contributed by atoms with Gasteiger partial charge in [-0.2, -0.15) is 5.10 Å². The molecule has 1 unspecified atom stereocenters. The van der Waals surface area contributed by atoms with Crippen molar-refractivity contribution in [2.45, 2.75) is 65.5 Å². The Bertz CT molecular complexity index is 895. The van der Waals surface area contributed by atoms with Crippen LogP contribution in [0.4, 0.5) is 0 Å². The Hall–Kier alpha value is -2.15. The number of rotatable bonds is 6. The van der Waals surface area contributed by atoms with Gasteiger partial charge in [0.2, 0.25) is 5.91 Å². The zero-order valence-electron chi connectivity index (χ0n) is 17.4. The molecule has 156 valence electrons. The second kappa shape index (κ2) is 8.69. The van der Waals surface area contributed by atoms with Crippen molar-refractivity contribution in [3.8, 4) is 0 Å². The van der Waals surface area contributed by atoms with Crippen molar-refractivity contribution in [1.29, 1.82) is 0 Å². The van der Waals surface area contributed by atoms with E-state index in [1.165, 1.54) is 10.4 Å². The highest BCUT2D eigenvalue weighted by Gasteiger charge is 2.29. The summed E-state index contributed by atoms with van der Waals surface area (Å²) in [6, 6.07) is 2.04. The molecule has 0 saturated carbocycles. The number of nitrogens with one attached hydrogen (secondary N) is 1. The number of carbonyl (C=O) groups is 2. The first-order chi connectivity index (χ1) is 14.0. The summed E-state index contributed by atoms with van der Waals surface area (Å²) in [4.78, 5) is 29.5. The lowest BCUT2D eigenvalue weighted by molar-refractivity contribution is -0.125. The molecule has 1 saturated heterocycles. The van der Waals surface area contributed by atoms with Crippen LogP contribution >= 0.6 is 11.3 Å². The minimum Gasteiger partial charge on any atom is -0.352 e. The van der Waals surface area contributed by atoms with Crippen molar-refractivity contribution >= 4 is 23.2 Å². The average molecular weight is 415 g/mol. The SMILES string of the molecule is CCCn1cc(CNC(=O)C2CCc3sc(C(=O)N4CCCC4)cc3C2)c(C)n1. The maximum absolute atomic E-state index is 12.8. The molecule has 29 heavy (non-hydrogen) atoms. The molecule has 0 aromatic carbocycles. The van der Waals surface area contributed by atoms with Gasteiger partial charge in [0.05, 0.1) is 10.6 Å². The third-order valence-electron chi connectivity index (χ3n) is 6.01. The topological polar surface area (TPSA) is 67.2 Å². The van der Waals surface area contributed by atoms with Crippen LogP contribution in [0.2, 0.25) is 0 Å². The Morgan fingerprint density at radius 2 is 2.10 bits per heavy atom. The zero-order chi connectivity index (χ0) is 20.4. The van der Waals surface area contributed by atoms with E-state index in [4.69, 9.17) is 0 Å². The van der Waals surface area contributed by atoms with Crippen molar-refractivity contribution in [2.24, 2.45) is 5.92 Å². The molecule has 2 aliphatic rings. The number of likely N-dealkylation sites (tertiary alicyclic amines) is 1. The monoisotopic (exact) mass is 414 g/mol. The molecule has 1 fully saturated rings. The second-order valence-electron chi connectivity index (χ2n) is 8.22. The quantitative estimate of drug-likeness (QED) is 0.788. The van der Waals surface area contributed by atoms with Crippen molar-refractivity contribution in [3.63, 3.8) is 0 Å². The van der Waals surface area contributed by atoms with Crippen molar-refractivity contribution in [1.82, 2.24) is 20.0 Å². The Balaban J connectivity index is 1.35. The van der Waals surface area contributed by atoms with Gasteiger partial charge in [-0.05, 0) is 57.1 Å². The lowest BCUT2D eigenvalue weighted by Crippen LogP contribution is -2.33. The lowest BCUT2D eigenvalue weighted by atomic mass is 9.87. The molecule has 1 atom stereocenters. The van der Waals surface area contributed by atoms with Gasteiger partial charge < -0.3 is 10.2 Å². The van der Waals surface area contributed by atoms with Gasteiger partial charge in [-0.3, -0.25) is 14.3 Å². The van der Waals surface area contributed by atoms with Crippen LogP contribution in [0.3, 0.4) is 0 Å². The third kappa shape index (κ3) is 4.39. The Kier molecular flexibility index (Phi) is 6.04. The average Bonchev–Trinajstić information content (AvgIpc) is 3.45. The van der Waals surface area contributed by atoms with E-state index in [0.29, 0.717) is 6.54 Å². The predicted molar refractivity (Wildman–Crippen MR) is 114 cm³/mol. The summed E-state index contributed by atoms with van der Waals surface area (Å²) in [5.41, 5.74) is 3.25. The largest absolute Gasteiger partial charge is 0.352 e. The van der Waals surface area contributed by atoms with Gasteiger partial charge in [0.25, 0.3) is 5.91 Å². The number of fused-ring (bicyclic) bond motifs is 1. The van der Waals surface area contributed by atoms with Gasteiger partial charge in [-0.25, -0.2) is 0 Å². The van der Waals surface area contributed by atoms with Crippen molar-refractivity contribution < 1.29 is 9.59 Å². The normalized spacial score (nSPS) is 18.7. The molecule has 0 bridgehead atoms. The smallest absolute Gasteiger partial charge is 0.263 e. The first-order valence-electron chi connectivity index (χ1n) is 10.8. The summed E-state index contributed by atoms with van der Waals surface area (Å²) >= 11 is 1.63. The van der Waals surface area contributed by atoms with Crippen LogP contribution in [0.25, 0.3) is 0 Å². The highest BCUT2D eigenvalue weighted by Crippen LogP contribution is 2.33. The van der Waals surface area contributed by atoms with Crippen molar-refractivity contribution in [3.05, 3.63) is 38.8 Å². The maximum atomic E-state index is 12.8. The summed E-state index contributed by atoms with van der Waals surface area (Å²) in [6.07, 6.45) is 7.77. The second-order valence-corrected chi connectivity index (χ2v) is 9.36. The van der Waals surface area contributed by atoms with Gasteiger partial charge in [0.1, 0.15) is 0 Å². The molecule has 2 aromatic heterocycles. The highest BCUT2D eigenvalue weighted by molar-refractivity contribution is 7.14. The third-order valence-corrected chi connectivity index (χ3v) is 7.24. The summed E-state index contributed by atoms with van der Waals surface area (Å²) in [5, 5.41) is 7.61. The number of amides is 2. The molecule has 1 N–H and O–H groups in total. The lowest BCUT2D eigenvalue weighted by Gasteiger charge is -2.21. The summed E-state index contributed by atoms with van der Waals surface area (Å²) < 4.78 is 1.95. The fraction of sp³-hybridized carbons (Fsp3) is 0.591. The summed E-state index contributed by atoms with van der Waals surface area (Å²) in [6.45, 7) is 7.30. The highest BCUT2D eigenvalue weighted by atomic mass is 32.1. The van der Waals surface area contributed by atoms with Gasteiger partial charge in [-0.1, -0.05) is 6.92 Å². The van der Waals surface area contributed by atoms with Crippen LogP contribution in [0, 0.1) is 12.8 Å². The number of hydrogen-bond acceptors (Lipinski definition) is 4. The molecular weight excluding hydrogens is 384 g/mol. The van der Waals surface area contributed by atoms with Gasteiger partial charge in [-0.15, -0.1) is 11.3 Å². The fourth-order valence-electron chi connectivity index (χ4n) is 4.33. The van der Waals surface area contributed by atoms with E-state index in [2.05, 4.69) is 17.3 Å².